The number of nitrogens with zero attached hydrogens (tertiary/aromatic N) is 1. The lowest BCUT2D eigenvalue weighted by atomic mass is 10.0. The molecule has 1 atom stereocenters. The van der Waals surface area contributed by atoms with Gasteiger partial charge in [0.1, 0.15) is 11.4 Å². The Hall–Kier alpha value is -1.85. The first-order chi connectivity index (χ1) is 9.71. The lowest BCUT2D eigenvalue weighted by Gasteiger charge is -2.26. The molecule has 1 aliphatic heterocycles. The van der Waals surface area contributed by atoms with Crippen molar-refractivity contribution in [1.29, 1.82) is 0 Å². The van der Waals surface area contributed by atoms with Gasteiger partial charge in [0.25, 0.3) is 0 Å². The van der Waals surface area contributed by atoms with Crippen LogP contribution in [0.5, 0.6) is 0 Å². The molecule has 2 heterocycles. The van der Waals surface area contributed by atoms with Gasteiger partial charge in [-0.2, -0.15) is 0 Å². The van der Waals surface area contributed by atoms with Crippen LogP contribution in [-0.4, -0.2) is 37.5 Å². The number of aromatic nitrogens is 1. The summed E-state index contributed by atoms with van der Waals surface area (Å²) in [6.45, 7) is 2.07. The van der Waals surface area contributed by atoms with Crippen LogP contribution in [0.3, 0.4) is 0 Å². The summed E-state index contributed by atoms with van der Waals surface area (Å²) in [5.74, 6) is 0.839. The van der Waals surface area contributed by atoms with Crippen molar-refractivity contribution in [2.45, 2.75) is 12.0 Å². The molecule has 0 radical (unpaired) electrons. The molecule has 20 heavy (non-hydrogen) atoms. The third kappa shape index (κ3) is 2.55. The van der Waals surface area contributed by atoms with Gasteiger partial charge < -0.3 is 20.5 Å². The SMILES string of the molecule is COC1(CNc2ccc3cc(N)ccc3n2)CCOC1. The number of hydrogen-bond acceptors (Lipinski definition) is 5. The average molecular weight is 273 g/mol. The maximum atomic E-state index is 5.76. The topological polar surface area (TPSA) is 69.4 Å². The molecule has 0 aliphatic carbocycles. The molecule has 0 saturated carbocycles. The summed E-state index contributed by atoms with van der Waals surface area (Å²) < 4.78 is 11.0. The van der Waals surface area contributed by atoms with Crippen molar-refractivity contribution in [3.63, 3.8) is 0 Å². The lowest BCUT2D eigenvalue weighted by Crippen LogP contribution is -2.39. The van der Waals surface area contributed by atoms with E-state index in [4.69, 9.17) is 15.2 Å². The van der Waals surface area contributed by atoms with E-state index in [2.05, 4.69) is 10.3 Å². The van der Waals surface area contributed by atoms with E-state index < -0.39 is 0 Å². The molecule has 1 aliphatic rings. The van der Waals surface area contributed by atoms with E-state index in [1.165, 1.54) is 0 Å². The minimum absolute atomic E-state index is 0.238. The van der Waals surface area contributed by atoms with E-state index in [0.29, 0.717) is 13.2 Å². The van der Waals surface area contributed by atoms with E-state index >= 15 is 0 Å². The number of anilines is 2. The van der Waals surface area contributed by atoms with Crippen LogP contribution in [0.25, 0.3) is 10.9 Å². The Balaban J connectivity index is 1.76. The largest absolute Gasteiger partial charge is 0.399 e. The first kappa shape index (κ1) is 13.1. The fourth-order valence-corrected chi connectivity index (χ4v) is 2.46. The van der Waals surface area contributed by atoms with Gasteiger partial charge in [-0.05, 0) is 30.3 Å². The first-order valence-electron chi connectivity index (χ1n) is 6.74. The molecule has 0 spiro atoms. The Labute approximate surface area is 118 Å². The Morgan fingerprint density at radius 2 is 2.30 bits per heavy atom. The van der Waals surface area contributed by atoms with E-state index in [9.17, 15) is 0 Å². The summed E-state index contributed by atoms with van der Waals surface area (Å²) in [5.41, 5.74) is 7.21. The minimum atomic E-state index is -0.238. The highest BCUT2D eigenvalue weighted by atomic mass is 16.5. The number of rotatable bonds is 4. The molecule has 1 aromatic heterocycles. The van der Waals surface area contributed by atoms with E-state index in [0.717, 1.165) is 35.4 Å². The standard InChI is InChI=1S/C15H19N3O2/c1-19-15(6-7-20-10-15)9-17-14-5-2-11-8-12(16)3-4-13(11)18-14/h2-5,8H,6-7,9-10,16H2,1H3,(H,17,18). The molecule has 5 nitrogen and oxygen atoms in total. The van der Waals surface area contributed by atoms with Gasteiger partial charge in [-0.3, -0.25) is 0 Å². The van der Waals surface area contributed by atoms with Crippen LogP contribution in [-0.2, 0) is 9.47 Å². The number of nitrogens with one attached hydrogen (secondary N) is 1. The van der Waals surface area contributed by atoms with Crippen molar-refractivity contribution >= 4 is 22.4 Å². The predicted molar refractivity (Wildman–Crippen MR) is 79.8 cm³/mol. The second-order valence-corrected chi connectivity index (χ2v) is 5.19. The third-order valence-electron chi connectivity index (χ3n) is 3.81. The van der Waals surface area contributed by atoms with Crippen LogP contribution >= 0.6 is 0 Å². The highest BCUT2D eigenvalue weighted by molar-refractivity contribution is 5.83. The number of nitrogen functional groups attached to an aromatic ring is 1. The zero-order valence-corrected chi connectivity index (χ0v) is 11.6. The van der Waals surface area contributed by atoms with Crippen molar-refractivity contribution in [2.24, 2.45) is 0 Å². The highest BCUT2D eigenvalue weighted by Crippen LogP contribution is 2.24. The Morgan fingerprint density at radius 3 is 3.05 bits per heavy atom. The van der Waals surface area contributed by atoms with Gasteiger partial charge in [0.2, 0.25) is 0 Å². The van der Waals surface area contributed by atoms with E-state index in [1.54, 1.807) is 7.11 Å². The molecule has 3 N–H and O–H groups in total. The lowest BCUT2D eigenvalue weighted by molar-refractivity contribution is -0.00624. The Kier molecular flexibility index (Phi) is 3.46. The Morgan fingerprint density at radius 1 is 1.40 bits per heavy atom. The number of pyridine rings is 1. The fourth-order valence-electron chi connectivity index (χ4n) is 2.46. The molecule has 106 valence electrons. The highest BCUT2D eigenvalue weighted by Gasteiger charge is 2.34. The van der Waals surface area contributed by atoms with E-state index in [1.807, 2.05) is 30.3 Å². The van der Waals surface area contributed by atoms with Gasteiger partial charge >= 0.3 is 0 Å². The maximum absolute atomic E-state index is 5.76. The number of fused-ring (bicyclic) bond motifs is 1. The van der Waals surface area contributed by atoms with Crippen LogP contribution in [0.1, 0.15) is 6.42 Å². The van der Waals surface area contributed by atoms with Crippen molar-refractivity contribution in [3.8, 4) is 0 Å². The maximum Gasteiger partial charge on any atom is 0.126 e. The second-order valence-electron chi connectivity index (χ2n) is 5.19. The normalized spacial score (nSPS) is 22.2. The zero-order chi connectivity index (χ0) is 14.0. The average Bonchev–Trinajstić information content (AvgIpc) is 2.94. The number of hydrogen-bond donors (Lipinski definition) is 2. The monoisotopic (exact) mass is 273 g/mol. The smallest absolute Gasteiger partial charge is 0.126 e. The molecular weight excluding hydrogens is 254 g/mol. The molecule has 0 bridgehead atoms. The zero-order valence-electron chi connectivity index (χ0n) is 11.6. The molecule has 1 aromatic carbocycles. The van der Waals surface area contributed by atoms with Crippen molar-refractivity contribution < 1.29 is 9.47 Å². The minimum Gasteiger partial charge on any atom is -0.399 e. The third-order valence-corrected chi connectivity index (χ3v) is 3.81. The van der Waals surface area contributed by atoms with Gasteiger partial charge in [-0.25, -0.2) is 4.98 Å². The van der Waals surface area contributed by atoms with Crippen molar-refractivity contribution in [3.05, 3.63) is 30.3 Å². The van der Waals surface area contributed by atoms with Crippen LogP contribution in [0.15, 0.2) is 30.3 Å². The molecule has 2 aromatic rings. The van der Waals surface area contributed by atoms with Gasteiger partial charge in [0.15, 0.2) is 0 Å². The van der Waals surface area contributed by atoms with Crippen LogP contribution < -0.4 is 11.1 Å². The molecule has 1 fully saturated rings. The Bertz CT molecular complexity index is 609. The van der Waals surface area contributed by atoms with Crippen molar-refractivity contribution in [2.75, 3.05) is 37.9 Å². The van der Waals surface area contributed by atoms with Crippen LogP contribution in [0.4, 0.5) is 11.5 Å². The summed E-state index contributed by atoms with van der Waals surface area (Å²) in [6.07, 6.45) is 0.903. The second kappa shape index (κ2) is 5.26. The van der Waals surface area contributed by atoms with Gasteiger partial charge in [-0.15, -0.1) is 0 Å². The first-order valence-corrected chi connectivity index (χ1v) is 6.74. The molecule has 5 heteroatoms. The summed E-state index contributed by atoms with van der Waals surface area (Å²) in [4.78, 5) is 4.58. The van der Waals surface area contributed by atoms with Gasteiger partial charge in [-0.1, -0.05) is 0 Å². The predicted octanol–water partition coefficient (Wildman–Crippen LogP) is 2.03. The fraction of sp³-hybridized carbons (Fsp3) is 0.400. The van der Waals surface area contributed by atoms with Crippen LogP contribution in [0.2, 0.25) is 0 Å². The molecule has 1 saturated heterocycles. The molecule has 3 rings (SSSR count). The number of nitrogens with two attached hydrogens (primary N) is 1. The van der Waals surface area contributed by atoms with Gasteiger partial charge in [0, 0.05) is 37.8 Å². The quantitative estimate of drug-likeness (QED) is 0.834. The summed E-state index contributed by atoms with van der Waals surface area (Å²) in [5, 5.41) is 4.38. The molecule has 0 amide bonds. The molecule has 1 unspecified atom stereocenters. The van der Waals surface area contributed by atoms with Crippen molar-refractivity contribution in [1.82, 2.24) is 4.98 Å². The van der Waals surface area contributed by atoms with E-state index in [-0.39, 0.29) is 5.60 Å². The molecular formula is C15H19N3O2. The van der Waals surface area contributed by atoms with Crippen LogP contribution in [0, 0.1) is 0 Å². The summed E-state index contributed by atoms with van der Waals surface area (Å²) in [6, 6.07) is 9.70. The number of methoxy groups -OCH3 is 1. The number of benzene rings is 1. The summed E-state index contributed by atoms with van der Waals surface area (Å²) >= 11 is 0. The van der Waals surface area contributed by atoms with Gasteiger partial charge in [0.05, 0.1) is 12.1 Å². The number of ether oxygens (including phenoxy) is 2. The summed E-state index contributed by atoms with van der Waals surface area (Å²) in [7, 11) is 1.73.